The molecule has 1 fully saturated rings. The maximum absolute atomic E-state index is 11.5. The molecule has 1 amide bonds. The molecule has 2 aliphatic rings. The van der Waals surface area contributed by atoms with Gasteiger partial charge in [0.25, 0.3) is 0 Å². The third kappa shape index (κ3) is 1.19. The summed E-state index contributed by atoms with van der Waals surface area (Å²) in [7, 11) is 1.90. The van der Waals surface area contributed by atoms with Crippen molar-refractivity contribution in [2.45, 2.75) is 33.1 Å². The molecule has 0 bridgehead atoms. The predicted molar refractivity (Wildman–Crippen MR) is 52.0 cm³/mol. The lowest BCUT2D eigenvalue weighted by molar-refractivity contribution is -0.125. The lowest BCUT2D eigenvalue weighted by atomic mass is 9.70. The summed E-state index contributed by atoms with van der Waals surface area (Å²) >= 11 is 0. The number of rotatable bonds is 0. The van der Waals surface area contributed by atoms with Crippen LogP contribution in [-0.2, 0) is 4.79 Å². The van der Waals surface area contributed by atoms with E-state index in [0.717, 1.165) is 12.8 Å². The molecule has 0 aromatic rings. The number of hydrogen-bond donors (Lipinski definition) is 0. The second-order valence-corrected chi connectivity index (χ2v) is 4.87. The lowest BCUT2D eigenvalue weighted by Gasteiger charge is -2.35. The smallest absolute Gasteiger partial charge is 0.227 e. The second-order valence-electron chi connectivity index (χ2n) is 4.87. The zero-order valence-electron chi connectivity index (χ0n) is 8.63. The molecule has 2 heteroatoms. The standard InChI is InChI=1S/C11H17NO/c1-11(2)6-4-5-9-8(11)7-10(13)12(9)3/h5,8H,4,6-7H2,1-3H3/t8-/m0/s1. The predicted octanol–water partition coefficient (Wildman–Crippen LogP) is 2.17. The molecule has 1 aliphatic heterocycles. The molecule has 0 aromatic heterocycles. The first-order chi connectivity index (χ1) is 6.02. The number of fused-ring (bicyclic) bond motifs is 1. The first-order valence-electron chi connectivity index (χ1n) is 4.99. The molecular formula is C11H17NO. The summed E-state index contributed by atoms with van der Waals surface area (Å²) < 4.78 is 0. The van der Waals surface area contributed by atoms with Crippen molar-refractivity contribution in [2.75, 3.05) is 7.05 Å². The summed E-state index contributed by atoms with van der Waals surface area (Å²) in [6, 6.07) is 0. The van der Waals surface area contributed by atoms with Crippen molar-refractivity contribution in [1.29, 1.82) is 0 Å². The fourth-order valence-electron chi connectivity index (χ4n) is 2.52. The van der Waals surface area contributed by atoms with E-state index in [0.29, 0.717) is 11.3 Å². The zero-order chi connectivity index (χ0) is 9.64. The van der Waals surface area contributed by atoms with E-state index in [1.54, 1.807) is 0 Å². The summed E-state index contributed by atoms with van der Waals surface area (Å²) in [4.78, 5) is 13.4. The van der Waals surface area contributed by atoms with Crippen LogP contribution in [-0.4, -0.2) is 17.9 Å². The van der Waals surface area contributed by atoms with Crippen molar-refractivity contribution >= 4 is 5.91 Å². The molecule has 2 rings (SSSR count). The van der Waals surface area contributed by atoms with Gasteiger partial charge in [-0.25, -0.2) is 0 Å². The Hall–Kier alpha value is -0.790. The van der Waals surface area contributed by atoms with Gasteiger partial charge in [0.2, 0.25) is 5.91 Å². The zero-order valence-corrected chi connectivity index (χ0v) is 8.63. The van der Waals surface area contributed by atoms with Gasteiger partial charge in [-0.05, 0) is 18.3 Å². The summed E-state index contributed by atoms with van der Waals surface area (Å²) in [6.45, 7) is 4.55. The molecular weight excluding hydrogens is 162 g/mol. The van der Waals surface area contributed by atoms with E-state index in [1.807, 2.05) is 11.9 Å². The van der Waals surface area contributed by atoms with Crippen LogP contribution >= 0.6 is 0 Å². The molecule has 1 saturated heterocycles. The maximum atomic E-state index is 11.5. The minimum Gasteiger partial charge on any atom is -0.319 e. The molecule has 0 radical (unpaired) electrons. The molecule has 72 valence electrons. The van der Waals surface area contributed by atoms with Gasteiger partial charge < -0.3 is 4.90 Å². The summed E-state index contributed by atoms with van der Waals surface area (Å²) in [5, 5.41) is 0. The van der Waals surface area contributed by atoms with Crippen LogP contribution in [0.2, 0.25) is 0 Å². The van der Waals surface area contributed by atoms with E-state index >= 15 is 0 Å². The fourth-order valence-corrected chi connectivity index (χ4v) is 2.52. The molecule has 1 atom stereocenters. The second kappa shape index (κ2) is 2.60. The van der Waals surface area contributed by atoms with Gasteiger partial charge in [0.1, 0.15) is 0 Å². The third-order valence-corrected chi connectivity index (χ3v) is 3.58. The van der Waals surface area contributed by atoms with Gasteiger partial charge in [0.05, 0.1) is 0 Å². The SMILES string of the molecule is CN1C(=O)C[C@H]2C1=CCCC2(C)C. The Morgan fingerprint density at radius 1 is 1.54 bits per heavy atom. The number of carbonyl (C=O) groups excluding carboxylic acids is 1. The maximum Gasteiger partial charge on any atom is 0.227 e. The van der Waals surface area contributed by atoms with Gasteiger partial charge in [0.15, 0.2) is 0 Å². The molecule has 0 aromatic carbocycles. The molecule has 1 aliphatic carbocycles. The molecule has 13 heavy (non-hydrogen) atoms. The Morgan fingerprint density at radius 2 is 2.23 bits per heavy atom. The topological polar surface area (TPSA) is 20.3 Å². The first kappa shape index (κ1) is 8.79. The quantitative estimate of drug-likeness (QED) is 0.558. The molecule has 0 N–H and O–H groups in total. The van der Waals surface area contributed by atoms with Crippen molar-refractivity contribution in [3.05, 3.63) is 11.8 Å². The number of hydrogen-bond acceptors (Lipinski definition) is 1. The molecule has 2 nitrogen and oxygen atoms in total. The highest BCUT2D eigenvalue weighted by Gasteiger charge is 2.43. The van der Waals surface area contributed by atoms with Crippen molar-refractivity contribution in [1.82, 2.24) is 4.90 Å². The van der Waals surface area contributed by atoms with Gasteiger partial charge in [-0.2, -0.15) is 0 Å². The lowest BCUT2D eigenvalue weighted by Crippen LogP contribution is -2.28. The van der Waals surface area contributed by atoms with Crippen LogP contribution in [0, 0.1) is 11.3 Å². The number of amides is 1. The Labute approximate surface area is 79.6 Å². The first-order valence-corrected chi connectivity index (χ1v) is 4.99. The van der Waals surface area contributed by atoms with Crippen LogP contribution < -0.4 is 0 Å². The largest absolute Gasteiger partial charge is 0.319 e. The Balaban J connectivity index is 2.36. The molecule has 0 spiro atoms. The van der Waals surface area contributed by atoms with Crippen molar-refractivity contribution in [2.24, 2.45) is 11.3 Å². The van der Waals surface area contributed by atoms with E-state index in [4.69, 9.17) is 0 Å². The highest BCUT2D eigenvalue weighted by Crippen LogP contribution is 2.47. The van der Waals surface area contributed by atoms with Gasteiger partial charge in [0, 0.05) is 25.1 Å². The molecule has 0 unspecified atom stereocenters. The van der Waals surface area contributed by atoms with E-state index in [9.17, 15) is 4.79 Å². The molecule has 1 heterocycles. The number of nitrogens with zero attached hydrogens (tertiary/aromatic N) is 1. The third-order valence-electron chi connectivity index (χ3n) is 3.58. The average molecular weight is 179 g/mol. The van der Waals surface area contributed by atoms with Crippen LogP contribution in [0.1, 0.15) is 33.1 Å². The average Bonchev–Trinajstić information content (AvgIpc) is 2.32. The monoisotopic (exact) mass is 179 g/mol. The van der Waals surface area contributed by atoms with Crippen LogP contribution in [0.15, 0.2) is 11.8 Å². The van der Waals surface area contributed by atoms with Crippen LogP contribution in [0.4, 0.5) is 0 Å². The van der Waals surface area contributed by atoms with Gasteiger partial charge in [-0.1, -0.05) is 19.9 Å². The minimum atomic E-state index is 0.284. The van der Waals surface area contributed by atoms with Gasteiger partial charge >= 0.3 is 0 Å². The highest BCUT2D eigenvalue weighted by atomic mass is 16.2. The van der Waals surface area contributed by atoms with Crippen molar-refractivity contribution in [3.63, 3.8) is 0 Å². The number of likely N-dealkylation sites (tertiary alicyclic amines) is 1. The van der Waals surface area contributed by atoms with Crippen LogP contribution in [0.3, 0.4) is 0 Å². The van der Waals surface area contributed by atoms with Crippen molar-refractivity contribution in [3.8, 4) is 0 Å². The Morgan fingerprint density at radius 3 is 2.85 bits per heavy atom. The van der Waals surface area contributed by atoms with Gasteiger partial charge in [-0.15, -0.1) is 0 Å². The fraction of sp³-hybridized carbons (Fsp3) is 0.727. The van der Waals surface area contributed by atoms with E-state index in [1.165, 1.54) is 12.1 Å². The summed E-state index contributed by atoms with van der Waals surface area (Å²) in [5.74, 6) is 0.755. The van der Waals surface area contributed by atoms with Gasteiger partial charge in [-0.3, -0.25) is 4.79 Å². The number of carbonyl (C=O) groups is 1. The Bertz CT molecular complexity index is 278. The number of allylic oxidation sites excluding steroid dienone is 2. The van der Waals surface area contributed by atoms with Crippen LogP contribution in [0.25, 0.3) is 0 Å². The van der Waals surface area contributed by atoms with Crippen LogP contribution in [0.5, 0.6) is 0 Å². The van der Waals surface area contributed by atoms with Crippen molar-refractivity contribution < 1.29 is 4.79 Å². The summed E-state index contributed by atoms with van der Waals surface area (Å²) in [5.41, 5.74) is 1.58. The Kier molecular flexibility index (Phi) is 1.76. The van der Waals surface area contributed by atoms with E-state index in [2.05, 4.69) is 19.9 Å². The minimum absolute atomic E-state index is 0.284. The molecule has 0 saturated carbocycles. The van der Waals surface area contributed by atoms with E-state index < -0.39 is 0 Å². The summed E-state index contributed by atoms with van der Waals surface area (Å²) in [6.07, 6.45) is 5.29. The highest BCUT2D eigenvalue weighted by molar-refractivity contribution is 5.82. The van der Waals surface area contributed by atoms with E-state index in [-0.39, 0.29) is 5.91 Å². The normalized spacial score (nSPS) is 31.6.